The van der Waals surface area contributed by atoms with Crippen molar-refractivity contribution in [2.45, 2.75) is 57.1 Å². The van der Waals surface area contributed by atoms with Gasteiger partial charge in [-0.2, -0.15) is 0 Å². The SMILES string of the molecule is CN=C(NCC1CN2CCCC2CO1)N1CCC2(CCCC2)C1.I. The summed E-state index contributed by atoms with van der Waals surface area (Å²) >= 11 is 0. The Morgan fingerprint density at radius 2 is 2.04 bits per heavy atom. The normalized spacial score (nSPS) is 32.9. The molecule has 4 aliphatic rings. The van der Waals surface area contributed by atoms with E-state index in [9.17, 15) is 0 Å². The number of hydrogen-bond acceptors (Lipinski definition) is 3. The summed E-state index contributed by atoms with van der Waals surface area (Å²) in [5, 5.41) is 3.59. The van der Waals surface area contributed by atoms with Crippen LogP contribution >= 0.6 is 24.0 Å². The fourth-order valence-corrected chi connectivity index (χ4v) is 5.20. The number of morpholine rings is 1. The molecule has 138 valence electrons. The maximum absolute atomic E-state index is 6.07. The van der Waals surface area contributed by atoms with Crippen molar-refractivity contribution in [3.8, 4) is 0 Å². The predicted octanol–water partition coefficient (Wildman–Crippen LogP) is 2.31. The fraction of sp³-hybridized carbons (Fsp3) is 0.944. The van der Waals surface area contributed by atoms with Gasteiger partial charge < -0.3 is 15.0 Å². The van der Waals surface area contributed by atoms with Crippen LogP contribution in [0.1, 0.15) is 44.9 Å². The number of fused-ring (bicyclic) bond motifs is 1. The average Bonchev–Trinajstić information content (AvgIpc) is 3.30. The van der Waals surface area contributed by atoms with E-state index in [1.165, 1.54) is 64.6 Å². The molecule has 4 fully saturated rings. The minimum Gasteiger partial charge on any atom is -0.373 e. The first-order valence-electron chi connectivity index (χ1n) is 9.59. The Bertz CT molecular complexity index is 452. The maximum atomic E-state index is 6.07. The van der Waals surface area contributed by atoms with Crippen molar-refractivity contribution in [2.75, 3.05) is 46.4 Å². The highest BCUT2D eigenvalue weighted by molar-refractivity contribution is 14.0. The lowest BCUT2D eigenvalue weighted by atomic mass is 9.86. The monoisotopic (exact) mass is 448 g/mol. The number of nitrogens with zero attached hydrogens (tertiary/aromatic N) is 3. The van der Waals surface area contributed by atoms with Gasteiger partial charge >= 0.3 is 0 Å². The first-order chi connectivity index (χ1) is 11.3. The molecular formula is C18H33IN4O. The van der Waals surface area contributed by atoms with Gasteiger partial charge in [0.05, 0.1) is 12.7 Å². The third kappa shape index (κ3) is 3.85. The molecule has 0 aromatic heterocycles. The Morgan fingerprint density at radius 3 is 2.83 bits per heavy atom. The lowest BCUT2D eigenvalue weighted by Crippen LogP contribution is -2.51. The van der Waals surface area contributed by atoms with Gasteiger partial charge in [0.1, 0.15) is 0 Å². The zero-order chi connectivity index (χ0) is 15.7. The van der Waals surface area contributed by atoms with Crippen LogP contribution in [0.3, 0.4) is 0 Å². The lowest BCUT2D eigenvalue weighted by Gasteiger charge is -2.36. The first kappa shape index (κ1) is 18.7. The van der Waals surface area contributed by atoms with E-state index in [1.54, 1.807) is 0 Å². The molecule has 0 amide bonds. The Labute approximate surface area is 163 Å². The minimum absolute atomic E-state index is 0. The number of guanidine groups is 1. The largest absolute Gasteiger partial charge is 0.373 e. The maximum Gasteiger partial charge on any atom is 0.193 e. The smallest absolute Gasteiger partial charge is 0.193 e. The molecule has 0 bridgehead atoms. The Balaban J connectivity index is 0.00000169. The van der Waals surface area contributed by atoms with Crippen molar-refractivity contribution in [1.82, 2.24) is 15.1 Å². The van der Waals surface area contributed by atoms with Crippen molar-refractivity contribution in [3.63, 3.8) is 0 Å². The van der Waals surface area contributed by atoms with Gasteiger partial charge in [-0.15, -0.1) is 24.0 Å². The highest BCUT2D eigenvalue weighted by atomic mass is 127. The van der Waals surface area contributed by atoms with Crippen molar-refractivity contribution in [1.29, 1.82) is 0 Å². The van der Waals surface area contributed by atoms with Crippen LogP contribution in [0, 0.1) is 5.41 Å². The fourth-order valence-electron chi connectivity index (χ4n) is 5.20. The molecule has 0 aromatic carbocycles. The number of rotatable bonds is 2. The molecule has 3 saturated heterocycles. The van der Waals surface area contributed by atoms with E-state index in [0.29, 0.717) is 17.6 Å². The third-order valence-electron chi connectivity index (χ3n) is 6.56. The summed E-state index contributed by atoms with van der Waals surface area (Å²) in [4.78, 5) is 9.63. The molecule has 6 heteroatoms. The van der Waals surface area contributed by atoms with Gasteiger partial charge in [-0.3, -0.25) is 9.89 Å². The zero-order valence-electron chi connectivity index (χ0n) is 15.0. The summed E-state index contributed by atoms with van der Waals surface area (Å²) in [7, 11) is 1.92. The number of ether oxygens (including phenoxy) is 1. The second kappa shape index (κ2) is 8.08. The lowest BCUT2D eigenvalue weighted by molar-refractivity contribution is -0.0454. The van der Waals surface area contributed by atoms with Crippen LogP contribution in [0.15, 0.2) is 4.99 Å². The van der Waals surface area contributed by atoms with Gasteiger partial charge in [-0.1, -0.05) is 12.8 Å². The van der Waals surface area contributed by atoms with Crippen molar-refractivity contribution < 1.29 is 4.74 Å². The van der Waals surface area contributed by atoms with Crippen LogP contribution in [0.2, 0.25) is 0 Å². The number of nitrogens with one attached hydrogen (secondary N) is 1. The van der Waals surface area contributed by atoms with Crippen LogP contribution in [0.5, 0.6) is 0 Å². The van der Waals surface area contributed by atoms with Crippen LogP contribution in [-0.4, -0.2) is 74.3 Å². The van der Waals surface area contributed by atoms with Gasteiger partial charge in [-0.25, -0.2) is 0 Å². The van der Waals surface area contributed by atoms with Gasteiger partial charge in [-0.05, 0) is 44.1 Å². The van der Waals surface area contributed by atoms with Gasteiger partial charge in [0.15, 0.2) is 5.96 Å². The summed E-state index contributed by atoms with van der Waals surface area (Å²) in [6, 6.07) is 0.686. The number of hydrogen-bond donors (Lipinski definition) is 1. The number of aliphatic imine (C=N–C) groups is 1. The Morgan fingerprint density at radius 1 is 1.21 bits per heavy atom. The van der Waals surface area contributed by atoms with E-state index in [1.807, 2.05) is 7.05 Å². The van der Waals surface area contributed by atoms with Gasteiger partial charge in [0, 0.05) is 39.3 Å². The highest BCUT2D eigenvalue weighted by Gasteiger charge is 2.41. The van der Waals surface area contributed by atoms with Gasteiger partial charge in [0.2, 0.25) is 0 Å². The van der Waals surface area contributed by atoms with Crippen LogP contribution in [-0.2, 0) is 4.74 Å². The van der Waals surface area contributed by atoms with E-state index in [4.69, 9.17) is 4.74 Å². The zero-order valence-corrected chi connectivity index (χ0v) is 17.3. The predicted molar refractivity (Wildman–Crippen MR) is 108 cm³/mol. The van der Waals surface area contributed by atoms with Crippen LogP contribution < -0.4 is 5.32 Å². The number of likely N-dealkylation sites (tertiary alicyclic amines) is 1. The quantitative estimate of drug-likeness (QED) is 0.400. The second-order valence-corrected chi connectivity index (χ2v) is 8.05. The molecule has 0 aromatic rings. The molecule has 3 aliphatic heterocycles. The molecule has 1 aliphatic carbocycles. The number of halogens is 1. The molecule has 3 heterocycles. The molecule has 5 nitrogen and oxygen atoms in total. The van der Waals surface area contributed by atoms with E-state index >= 15 is 0 Å². The summed E-state index contributed by atoms with van der Waals surface area (Å²) in [6.45, 7) is 6.51. The summed E-state index contributed by atoms with van der Waals surface area (Å²) in [5.74, 6) is 1.08. The van der Waals surface area contributed by atoms with Gasteiger partial charge in [0.25, 0.3) is 0 Å². The van der Waals surface area contributed by atoms with Crippen LogP contribution in [0.4, 0.5) is 0 Å². The van der Waals surface area contributed by atoms with Crippen molar-refractivity contribution in [3.05, 3.63) is 0 Å². The Kier molecular flexibility index (Phi) is 6.30. The van der Waals surface area contributed by atoms with E-state index in [2.05, 4.69) is 20.1 Å². The minimum atomic E-state index is 0. The molecule has 24 heavy (non-hydrogen) atoms. The topological polar surface area (TPSA) is 40.1 Å². The molecule has 1 N–H and O–H groups in total. The summed E-state index contributed by atoms with van der Waals surface area (Å²) in [5.41, 5.74) is 0.599. The standard InChI is InChI=1S/C18H32N4O.HI/c1-19-17(22-10-8-18(14-22)6-2-3-7-18)20-11-16-12-21-9-4-5-15(21)13-23-16;/h15-16H,2-14H2,1H3,(H,19,20);1H. The summed E-state index contributed by atoms with van der Waals surface area (Å²) in [6.07, 6.45) is 10.0. The van der Waals surface area contributed by atoms with Crippen LogP contribution in [0.25, 0.3) is 0 Å². The highest BCUT2D eigenvalue weighted by Crippen LogP contribution is 2.45. The molecule has 4 rings (SSSR count). The summed E-state index contributed by atoms with van der Waals surface area (Å²) < 4.78 is 6.07. The van der Waals surface area contributed by atoms with Crippen molar-refractivity contribution in [2.24, 2.45) is 10.4 Å². The molecular weight excluding hydrogens is 415 g/mol. The molecule has 1 spiro atoms. The van der Waals surface area contributed by atoms with E-state index in [0.717, 1.165) is 25.7 Å². The van der Waals surface area contributed by atoms with E-state index in [-0.39, 0.29) is 24.0 Å². The average molecular weight is 448 g/mol. The Hall–Kier alpha value is -0.0800. The second-order valence-electron chi connectivity index (χ2n) is 8.05. The van der Waals surface area contributed by atoms with E-state index < -0.39 is 0 Å². The molecule has 2 atom stereocenters. The first-order valence-corrected chi connectivity index (χ1v) is 9.59. The molecule has 2 unspecified atom stereocenters. The molecule has 0 radical (unpaired) electrons. The van der Waals surface area contributed by atoms with Crippen molar-refractivity contribution >= 4 is 29.9 Å². The third-order valence-corrected chi connectivity index (χ3v) is 6.56. The molecule has 1 saturated carbocycles.